The van der Waals surface area contributed by atoms with Gasteiger partial charge < -0.3 is 15.5 Å². The molecule has 20 heavy (non-hydrogen) atoms. The molecule has 3 N–H and O–H groups in total. The van der Waals surface area contributed by atoms with E-state index in [1.807, 2.05) is 0 Å². The van der Waals surface area contributed by atoms with Gasteiger partial charge in [-0.25, -0.2) is 9.59 Å². The van der Waals surface area contributed by atoms with Gasteiger partial charge in [0.1, 0.15) is 11.8 Å². The van der Waals surface area contributed by atoms with Crippen LogP contribution in [-0.2, 0) is 4.79 Å². The zero-order chi connectivity index (χ0) is 15.5. The van der Waals surface area contributed by atoms with Crippen LogP contribution in [-0.4, -0.2) is 35.3 Å². The quantitative estimate of drug-likeness (QED) is 0.790. The third kappa shape index (κ3) is 3.88. The molecule has 0 aliphatic carbocycles. The van der Waals surface area contributed by atoms with Gasteiger partial charge in [-0.2, -0.15) is 0 Å². The minimum absolute atomic E-state index is 0.0350. The number of phenolic OH excluding ortho intramolecular Hbond substituents is 1. The Kier molecular flexibility index (Phi) is 4.60. The van der Waals surface area contributed by atoms with Crippen LogP contribution < -0.4 is 10.2 Å². The van der Waals surface area contributed by atoms with Crippen molar-refractivity contribution in [2.45, 2.75) is 26.8 Å². The largest absolute Gasteiger partial charge is 0.508 e. The Balaban J connectivity index is 2.87. The zero-order valence-electron chi connectivity index (χ0n) is 12.0. The maximum atomic E-state index is 12.1. The molecule has 1 atom stereocenters. The SMILES string of the molecule is CN(C(=O)N[C@@H](C(=O)O)C(C)(C)C)c1cccc(O)c1. The number of carboxylic acids is 1. The van der Waals surface area contributed by atoms with Crippen LogP contribution in [0.3, 0.4) is 0 Å². The average Bonchev–Trinajstić information content (AvgIpc) is 2.32. The molecule has 0 aromatic heterocycles. The normalized spacial score (nSPS) is 12.6. The molecule has 0 spiro atoms. The van der Waals surface area contributed by atoms with Crippen LogP contribution >= 0.6 is 0 Å². The van der Waals surface area contributed by atoms with Crippen molar-refractivity contribution < 1.29 is 19.8 Å². The van der Waals surface area contributed by atoms with Crippen LogP contribution in [0.2, 0.25) is 0 Å². The fraction of sp³-hybridized carbons (Fsp3) is 0.429. The van der Waals surface area contributed by atoms with Crippen LogP contribution in [0.15, 0.2) is 24.3 Å². The number of aliphatic carboxylic acids is 1. The maximum absolute atomic E-state index is 12.1. The minimum Gasteiger partial charge on any atom is -0.508 e. The summed E-state index contributed by atoms with van der Waals surface area (Å²) >= 11 is 0. The van der Waals surface area contributed by atoms with Gasteiger partial charge >= 0.3 is 12.0 Å². The molecule has 1 rings (SSSR count). The topological polar surface area (TPSA) is 89.9 Å². The van der Waals surface area contributed by atoms with E-state index in [1.165, 1.54) is 24.1 Å². The molecule has 0 saturated carbocycles. The molecule has 0 bridgehead atoms. The van der Waals surface area contributed by atoms with E-state index in [2.05, 4.69) is 5.32 Å². The second-order valence-electron chi connectivity index (χ2n) is 5.67. The molecule has 6 nitrogen and oxygen atoms in total. The molecule has 6 heteroatoms. The van der Waals surface area contributed by atoms with Gasteiger partial charge in [0.25, 0.3) is 0 Å². The monoisotopic (exact) mass is 280 g/mol. The van der Waals surface area contributed by atoms with E-state index in [0.29, 0.717) is 5.69 Å². The number of nitrogens with zero attached hydrogens (tertiary/aromatic N) is 1. The van der Waals surface area contributed by atoms with Gasteiger partial charge in [-0.05, 0) is 17.5 Å². The van der Waals surface area contributed by atoms with E-state index >= 15 is 0 Å². The summed E-state index contributed by atoms with van der Waals surface area (Å²) in [4.78, 5) is 24.6. The second-order valence-corrected chi connectivity index (χ2v) is 5.67. The molecular formula is C14H20N2O4. The van der Waals surface area contributed by atoms with Crippen LogP contribution in [0.25, 0.3) is 0 Å². The maximum Gasteiger partial charge on any atom is 0.326 e. The summed E-state index contributed by atoms with van der Waals surface area (Å²) in [6.45, 7) is 5.21. The first-order valence-corrected chi connectivity index (χ1v) is 6.19. The Morgan fingerprint density at radius 3 is 2.35 bits per heavy atom. The van der Waals surface area contributed by atoms with Gasteiger partial charge in [-0.3, -0.25) is 4.90 Å². The van der Waals surface area contributed by atoms with E-state index in [9.17, 15) is 19.8 Å². The predicted octanol–water partition coefficient (Wildman–Crippen LogP) is 2.04. The number of amides is 2. The fourth-order valence-corrected chi connectivity index (χ4v) is 1.69. The summed E-state index contributed by atoms with van der Waals surface area (Å²) in [5, 5.41) is 21.1. The van der Waals surface area contributed by atoms with Crippen molar-refractivity contribution in [3.8, 4) is 5.75 Å². The molecule has 0 unspecified atom stereocenters. The molecule has 0 radical (unpaired) electrons. The molecule has 0 saturated heterocycles. The highest BCUT2D eigenvalue weighted by Crippen LogP contribution is 2.22. The molecular weight excluding hydrogens is 260 g/mol. The van der Waals surface area contributed by atoms with Gasteiger partial charge in [-0.1, -0.05) is 26.8 Å². The number of hydrogen-bond donors (Lipinski definition) is 3. The van der Waals surface area contributed by atoms with E-state index in [1.54, 1.807) is 32.9 Å². The van der Waals surface area contributed by atoms with Gasteiger partial charge in [0, 0.05) is 18.8 Å². The number of carbonyl (C=O) groups is 2. The number of urea groups is 1. The van der Waals surface area contributed by atoms with Crippen LogP contribution in [0.1, 0.15) is 20.8 Å². The zero-order valence-corrected chi connectivity index (χ0v) is 12.0. The number of nitrogens with one attached hydrogen (secondary N) is 1. The number of aromatic hydroxyl groups is 1. The third-order valence-electron chi connectivity index (χ3n) is 2.90. The fourth-order valence-electron chi connectivity index (χ4n) is 1.69. The number of carbonyl (C=O) groups excluding carboxylic acids is 1. The van der Waals surface area contributed by atoms with Crippen molar-refractivity contribution >= 4 is 17.7 Å². The summed E-state index contributed by atoms with van der Waals surface area (Å²) in [5.74, 6) is -1.05. The van der Waals surface area contributed by atoms with E-state index in [-0.39, 0.29) is 5.75 Å². The Morgan fingerprint density at radius 2 is 1.90 bits per heavy atom. The Hall–Kier alpha value is -2.24. The smallest absolute Gasteiger partial charge is 0.326 e. The molecule has 0 fully saturated rings. The number of phenols is 1. The van der Waals surface area contributed by atoms with Crippen LogP contribution in [0.5, 0.6) is 5.75 Å². The molecule has 2 amide bonds. The first-order valence-electron chi connectivity index (χ1n) is 6.19. The molecule has 0 aliphatic heterocycles. The van der Waals surface area contributed by atoms with E-state index in [4.69, 9.17) is 0 Å². The highest BCUT2D eigenvalue weighted by atomic mass is 16.4. The number of hydrogen-bond acceptors (Lipinski definition) is 3. The standard InChI is InChI=1S/C14H20N2O4/c1-14(2,3)11(12(18)19)15-13(20)16(4)9-6-5-7-10(17)8-9/h5-8,11,17H,1-4H3,(H,15,20)(H,18,19)/t11-/m0/s1. The molecule has 110 valence electrons. The van der Waals surface area contributed by atoms with Gasteiger partial charge in [-0.15, -0.1) is 0 Å². The lowest BCUT2D eigenvalue weighted by Gasteiger charge is -2.29. The lowest BCUT2D eigenvalue weighted by Crippen LogP contribution is -2.52. The lowest BCUT2D eigenvalue weighted by molar-refractivity contribution is -0.141. The molecule has 1 aromatic rings. The number of rotatable bonds is 3. The Bertz CT molecular complexity index is 508. The van der Waals surface area contributed by atoms with Crippen molar-refractivity contribution in [2.75, 3.05) is 11.9 Å². The third-order valence-corrected chi connectivity index (χ3v) is 2.90. The average molecular weight is 280 g/mol. The summed E-state index contributed by atoms with van der Waals surface area (Å²) in [5.41, 5.74) is -0.137. The van der Waals surface area contributed by atoms with Crippen LogP contribution in [0, 0.1) is 5.41 Å². The number of carboxylic acid groups (broad SMARTS) is 1. The first-order chi connectivity index (χ1) is 9.12. The number of anilines is 1. The summed E-state index contributed by atoms with van der Waals surface area (Å²) in [7, 11) is 1.51. The summed E-state index contributed by atoms with van der Waals surface area (Å²) in [6.07, 6.45) is 0. The van der Waals surface area contributed by atoms with Crippen molar-refractivity contribution in [1.82, 2.24) is 5.32 Å². The van der Waals surface area contributed by atoms with Crippen molar-refractivity contribution in [3.05, 3.63) is 24.3 Å². The van der Waals surface area contributed by atoms with Crippen LogP contribution in [0.4, 0.5) is 10.5 Å². The Morgan fingerprint density at radius 1 is 1.30 bits per heavy atom. The Labute approximate surface area is 118 Å². The molecule has 1 aromatic carbocycles. The lowest BCUT2D eigenvalue weighted by atomic mass is 9.87. The number of benzene rings is 1. The van der Waals surface area contributed by atoms with Crippen molar-refractivity contribution in [3.63, 3.8) is 0 Å². The highest BCUT2D eigenvalue weighted by molar-refractivity contribution is 5.94. The van der Waals surface area contributed by atoms with Crippen molar-refractivity contribution in [2.24, 2.45) is 5.41 Å². The van der Waals surface area contributed by atoms with Gasteiger partial charge in [0.05, 0.1) is 0 Å². The predicted molar refractivity (Wildman–Crippen MR) is 75.9 cm³/mol. The first kappa shape index (κ1) is 15.8. The highest BCUT2D eigenvalue weighted by Gasteiger charge is 2.33. The second kappa shape index (κ2) is 5.81. The van der Waals surface area contributed by atoms with Gasteiger partial charge in [0.15, 0.2) is 0 Å². The van der Waals surface area contributed by atoms with Gasteiger partial charge in [0.2, 0.25) is 0 Å². The van der Waals surface area contributed by atoms with Crippen molar-refractivity contribution in [1.29, 1.82) is 0 Å². The minimum atomic E-state index is -1.09. The summed E-state index contributed by atoms with van der Waals surface area (Å²) < 4.78 is 0. The van der Waals surface area contributed by atoms with E-state index < -0.39 is 23.5 Å². The summed E-state index contributed by atoms with van der Waals surface area (Å²) in [6, 6.07) is 4.61. The molecule has 0 heterocycles. The van der Waals surface area contributed by atoms with E-state index in [0.717, 1.165) is 0 Å². The molecule has 0 aliphatic rings.